The highest BCUT2D eigenvalue weighted by molar-refractivity contribution is 5.97. The first-order chi connectivity index (χ1) is 33.3. The molecule has 5 N–H and O–H groups in total. The van der Waals surface area contributed by atoms with Crippen LogP contribution in [-0.2, 0) is 51.3 Å². The molecule has 5 amide bonds. The van der Waals surface area contributed by atoms with E-state index in [0.717, 1.165) is 15.8 Å². The number of nitriles is 1. The topological polar surface area (TPSA) is 250 Å². The van der Waals surface area contributed by atoms with Crippen molar-refractivity contribution in [1.29, 1.82) is 5.26 Å². The largest absolute Gasteiger partial charge is 0.479 e. The van der Waals surface area contributed by atoms with Crippen LogP contribution in [0.1, 0.15) is 112 Å². The Bertz CT molecular complexity index is 2350. The molecule has 0 saturated heterocycles. The zero-order valence-corrected chi connectivity index (χ0v) is 43.5. The quantitative estimate of drug-likeness (QED) is 0.0579. The van der Waals surface area contributed by atoms with Gasteiger partial charge in [-0.2, -0.15) is 9.65 Å². The molecule has 0 saturated carbocycles. The number of nitrogens with two attached hydrogens (primary N) is 1. The van der Waals surface area contributed by atoms with Gasteiger partial charge in [0.15, 0.2) is 6.10 Å². The highest BCUT2D eigenvalue weighted by Crippen LogP contribution is 2.26. The number of amides is 5. The molecule has 71 heavy (non-hydrogen) atoms. The van der Waals surface area contributed by atoms with E-state index in [9.17, 15) is 33.5 Å². The monoisotopic (exact) mass is 990 g/mol. The van der Waals surface area contributed by atoms with Gasteiger partial charge in [-0.15, -0.1) is 0 Å². The molecule has 0 aliphatic rings. The van der Waals surface area contributed by atoms with Crippen LogP contribution in [0.25, 0.3) is 10.9 Å². The minimum Gasteiger partial charge on any atom is -0.479 e. The van der Waals surface area contributed by atoms with Gasteiger partial charge in [-0.3, -0.25) is 24.0 Å². The number of hydrogen-bond donors (Lipinski definition) is 4. The minimum atomic E-state index is -1.62. The van der Waals surface area contributed by atoms with Crippen molar-refractivity contribution < 1.29 is 47.8 Å². The maximum Gasteiger partial charge on any atom is 0.345 e. The number of hydrogen-bond acceptors (Lipinski definition) is 11. The predicted octanol–water partition coefficient (Wildman–Crippen LogP) is 5.05. The molecule has 2 heterocycles. The zero-order chi connectivity index (χ0) is 53.4. The van der Waals surface area contributed by atoms with E-state index in [1.807, 2.05) is 96.5 Å². The number of esters is 1. The van der Waals surface area contributed by atoms with Gasteiger partial charge in [0.1, 0.15) is 30.2 Å². The average Bonchev–Trinajstić information content (AvgIpc) is 3.65. The first-order valence-electron chi connectivity index (χ1n) is 24.4. The first kappa shape index (κ1) is 58.9. The summed E-state index contributed by atoms with van der Waals surface area (Å²) < 4.78 is 20.9. The summed E-state index contributed by atoms with van der Waals surface area (Å²) in [6.07, 6.45) is 2.09. The third kappa shape index (κ3) is 17.1. The minimum absolute atomic E-state index is 0.0240. The second-order valence-corrected chi connectivity index (χ2v) is 20.3. The standard InChI is InChI=1S/C52H76FN9O9/c1-30(2)22-38(55)48(65)60(11)42(25-33(7)8)46(63)58-40(24-32(5)6)50(67)61(12)43(26-36-29-62(41-17-14-13-16-37(36)41)28-35-19-20-45(53)56-27-35)47(64)57-39(23-31(3)4)49(66)59(10)34(9)52(70)71-44(51(68)69)18-15-21-54/h13-14,16-17,19-20,27,29-34,38-40,42-44H,15,18,22-26,28,55H2,1-12H3,(H,57,64)(H,58,63)(H,68,69)/t34-,38-,39-,40-,42-,43-,44+/m0/s1. The van der Waals surface area contributed by atoms with Gasteiger partial charge in [-0.25, -0.2) is 14.6 Å². The maximum atomic E-state index is 15.1. The van der Waals surface area contributed by atoms with Gasteiger partial charge in [0.05, 0.1) is 12.1 Å². The van der Waals surface area contributed by atoms with Crippen LogP contribution in [0, 0.1) is 41.0 Å². The fraction of sp³-hybridized carbons (Fsp3) is 0.596. The number of likely N-dealkylation sites (N-methyl/N-ethyl adjacent to an activating group) is 3. The lowest BCUT2D eigenvalue weighted by Gasteiger charge is -2.35. The molecule has 18 nitrogen and oxygen atoms in total. The number of nitrogens with zero attached hydrogens (tertiary/aromatic N) is 6. The second kappa shape index (κ2) is 27.3. The molecule has 3 rings (SSSR count). The van der Waals surface area contributed by atoms with Crippen LogP contribution in [0.2, 0.25) is 0 Å². The van der Waals surface area contributed by atoms with Gasteiger partial charge in [-0.1, -0.05) is 79.7 Å². The van der Waals surface area contributed by atoms with Crippen LogP contribution in [-0.4, -0.2) is 134 Å². The number of carbonyl (C=O) groups is 7. The van der Waals surface area contributed by atoms with E-state index in [1.54, 1.807) is 6.07 Å². The summed E-state index contributed by atoms with van der Waals surface area (Å²) in [5.41, 5.74) is 8.44. The Balaban J connectivity index is 2.13. The molecule has 0 unspecified atom stereocenters. The van der Waals surface area contributed by atoms with Gasteiger partial charge < -0.3 is 45.5 Å². The molecule has 2 aromatic heterocycles. The van der Waals surface area contributed by atoms with Crippen molar-refractivity contribution in [3.63, 3.8) is 0 Å². The Morgan fingerprint density at radius 2 is 1.30 bits per heavy atom. The summed E-state index contributed by atoms with van der Waals surface area (Å²) in [4.78, 5) is 105. The number of carboxylic acids is 1. The zero-order valence-electron chi connectivity index (χ0n) is 43.5. The predicted molar refractivity (Wildman–Crippen MR) is 266 cm³/mol. The van der Waals surface area contributed by atoms with E-state index in [-0.39, 0.29) is 62.2 Å². The van der Waals surface area contributed by atoms with Crippen LogP contribution in [0.5, 0.6) is 0 Å². The Labute approximate surface area is 417 Å². The summed E-state index contributed by atoms with van der Waals surface area (Å²) in [6, 6.07) is 5.32. The van der Waals surface area contributed by atoms with Gasteiger partial charge in [0.25, 0.3) is 0 Å². The van der Waals surface area contributed by atoms with Crippen molar-refractivity contribution in [2.45, 2.75) is 156 Å². The smallest absolute Gasteiger partial charge is 0.345 e. The third-order valence-electron chi connectivity index (χ3n) is 12.4. The fourth-order valence-electron chi connectivity index (χ4n) is 8.42. The van der Waals surface area contributed by atoms with Crippen LogP contribution >= 0.6 is 0 Å². The van der Waals surface area contributed by atoms with Crippen molar-refractivity contribution in [3.8, 4) is 6.07 Å². The SMILES string of the molecule is CC(C)C[C@H](NC(=O)[C@H](Cc1cn(Cc2ccc(F)nc2)c2ccccc12)N(C)C(=O)[C@H](CC(C)C)NC(=O)[C@H](CC(C)C)N(C)C(=O)[C@@H](N)CC(C)C)C(=O)N(C)[C@@H](C)C(=O)O[C@H](CCC#N)C(=O)O. The summed E-state index contributed by atoms with van der Waals surface area (Å²) in [5.74, 6) is -6.28. The van der Waals surface area contributed by atoms with E-state index in [1.165, 1.54) is 50.1 Å². The third-order valence-corrected chi connectivity index (χ3v) is 12.4. The summed E-state index contributed by atoms with van der Waals surface area (Å²) in [5, 5.41) is 25.1. The van der Waals surface area contributed by atoms with Crippen LogP contribution < -0.4 is 16.4 Å². The summed E-state index contributed by atoms with van der Waals surface area (Å²) in [6.45, 7) is 16.8. The molecule has 0 fully saturated rings. The fourth-order valence-corrected chi connectivity index (χ4v) is 8.42. The second-order valence-electron chi connectivity index (χ2n) is 20.3. The van der Waals surface area contributed by atoms with Crippen LogP contribution in [0.15, 0.2) is 48.8 Å². The van der Waals surface area contributed by atoms with E-state index in [2.05, 4.69) is 15.6 Å². The number of aromatic nitrogens is 2. The molecular formula is C52H76FN9O9. The molecule has 0 aliphatic heterocycles. The Morgan fingerprint density at radius 1 is 0.761 bits per heavy atom. The number of benzene rings is 1. The van der Waals surface area contributed by atoms with Crippen molar-refractivity contribution in [3.05, 3.63) is 65.9 Å². The van der Waals surface area contributed by atoms with E-state index < -0.39 is 89.8 Å². The number of ether oxygens (including phenoxy) is 1. The molecule has 390 valence electrons. The molecule has 7 atom stereocenters. The molecular weight excluding hydrogens is 914 g/mol. The molecule has 1 aromatic carbocycles. The van der Waals surface area contributed by atoms with E-state index in [4.69, 9.17) is 15.7 Å². The highest BCUT2D eigenvalue weighted by Gasteiger charge is 2.39. The number of para-hydroxylation sites is 1. The first-order valence-corrected chi connectivity index (χ1v) is 24.4. The summed E-state index contributed by atoms with van der Waals surface area (Å²) >= 11 is 0. The van der Waals surface area contributed by atoms with Crippen LogP contribution in [0.4, 0.5) is 4.39 Å². The number of halogens is 1. The van der Waals surface area contributed by atoms with Gasteiger partial charge >= 0.3 is 11.9 Å². The van der Waals surface area contributed by atoms with E-state index >= 15 is 9.59 Å². The highest BCUT2D eigenvalue weighted by atomic mass is 19.1. The normalized spacial score (nSPS) is 14.5. The summed E-state index contributed by atoms with van der Waals surface area (Å²) in [7, 11) is 4.31. The molecule has 0 aliphatic carbocycles. The van der Waals surface area contributed by atoms with E-state index in [0.29, 0.717) is 24.1 Å². The van der Waals surface area contributed by atoms with Crippen molar-refractivity contribution in [2.75, 3.05) is 21.1 Å². The number of carboxylic acid groups (broad SMARTS) is 1. The van der Waals surface area contributed by atoms with Crippen LogP contribution in [0.3, 0.4) is 0 Å². The van der Waals surface area contributed by atoms with Crippen molar-refractivity contribution in [1.82, 2.24) is 34.9 Å². The van der Waals surface area contributed by atoms with Crippen molar-refractivity contribution in [2.24, 2.45) is 29.4 Å². The number of rotatable bonds is 27. The lowest BCUT2D eigenvalue weighted by atomic mass is 9.96. The van der Waals surface area contributed by atoms with Gasteiger partial charge in [0.2, 0.25) is 35.5 Å². The Morgan fingerprint density at radius 3 is 1.82 bits per heavy atom. The Kier molecular flexibility index (Phi) is 22.6. The molecule has 19 heteroatoms. The average molecular weight is 990 g/mol. The molecule has 0 radical (unpaired) electrons. The lowest BCUT2D eigenvalue weighted by molar-refractivity contribution is -0.169. The molecule has 0 spiro atoms. The molecule has 3 aromatic rings. The van der Waals surface area contributed by atoms with Gasteiger partial charge in [0, 0.05) is 70.2 Å². The van der Waals surface area contributed by atoms with Crippen molar-refractivity contribution >= 4 is 52.4 Å². The number of pyridine rings is 1. The number of nitrogens with one attached hydrogen (secondary N) is 2. The maximum absolute atomic E-state index is 15.1. The Hall–Kier alpha value is -6.42. The number of fused-ring (bicyclic) bond motifs is 1. The lowest BCUT2D eigenvalue weighted by Crippen LogP contribution is -2.60. The number of aliphatic carboxylic acids is 1. The molecule has 0 bridgehead atoms. The van der Waals surface area contributed by atoms with Gasteiger partial charge in [-0.05, 0) is 79.5 Å². The number of carbonyl (C=O) groups excluding carboxylic acids is 6.